The van der Waals surface area contributed by atoms with Gasteiger partial charge in [0.05, 0.1) is 11.3 Å². The Balaban J connectivity index is 1.42. The molecule has 1 aliphatic heterocycles. The van der Waals surface area contributed by atoms with Gasteiger partial charge in [-0.15, -0.1) is 11.3 Å². The summed E-state index contributed by atoms with van der Waals surface area (Å²) < 4.78 is 2.08. The van der Waals surface area contributed by atoms with Crippen LogP contribution < -0.4 is 15.5 Å². The molecule has 1 aliphatic carbocycles. The minimum absolute atomic E-state index is 0.000488. The summed E-state index contributed by atoms with van der Waals surface area (Å²) in [7, 11) is 0. The van der Waals surface area contributed by atoms with Gasteiger partial charge in [0.2, 0.25) is 0 Å². The van der Waals surface area contributed by atoms with Gasteiger partial charge >= 0.3 is 0 Å². The number of fused-ring (bicyclic) bond motifs is 1. The van der Waals surface area contributed by atoms with Crippen molar-refractivity contribution >= 4 is 63.8 Å². The van der Waals surface area contributed by atoms with Crippen LogP contribution in [0, 0.1) is 27.7 Å². The van der Waals surface area contributed by atoms with E-state index in [-0.39, 0.29) is 16.6 Å². The maximum atomic E-state index is 13.8. The fraction of sp³-hybridized carbons (Fsp3) is 0.235. The van der Waals surface area contributed by atoms with E-state index in [1.54, 1.807) is 17.4 Å². The summed E-state index contributed by atoms with van der Waals surface area (Å²) in [5.41, 5.74) is 7.62. The first kappa shape index (κ1) is 28.8. The number of hydrogen-bond acceptors (Lipinski definition) is 5. The first-order valence-corrected chi connectivity index (χ1v) is 15.5. The SMILES string of the molecule is Cc1cc(C)cc(N2C(=O)/C(=C\c3cc(C)n(-c4sc5c(c4C(=O)Nc4ccccc4)CCCC5)c3C)C(=O)NC2=S)c1. The van der Waals surface area contributed by atoms with E-state index in [2.05, 4.69) is 15.2 Å². The Morgan fingerprint density at radius 1 is 0.977 bits per heavy atom. The largest absolute Gasteiger partial charge is 0.322 e. The van der Waals surface area contributed by atoms with Gasteiger partial charge in [-0.25, -0.2) is 0 Å². The van der Waals surface area contributed by atoms with Crippen LogP contribution in [0.25, 0.3) is 11.1 Å². The summed E-state index contributed by atoms with van der Waals surface area (Å²) in [5, 5.41) is 6.69. The van der Waals surface area contributed by atoms with E-state index in [1.807, 2.05) is 82.3 Å². The number of thiocarbonyl (C=S) groups is 1. The zero-order valence-electron chi connectivity index (χ0n) is 24.5. The number of aryl methyl sites for hydroxylation is 4. The van der Waals surface area contributed by atoms with Crippen molar-refractivity contribution in [3.63, 3.8) is 0 Å². The molecule has 3 heterocycles. The Bertz CT molecular complexity index is 1830. The molecule has 6 rings (SSSR count). The number of hydrogen-bond donors (Lipinski definition) is 2. The summed E-state index contributed by atoms with van der Waals surface area (Å²) in [6.07, 6.45) is 5.59. The van der Waals surface area contributed by atoms with Gasteiger partial charge in [-0.3, -0.25) is 24.6 Å². The lowest BCUT2D eigenvalue weighted by molar-refractivity contribution is -0.122. The number of para-hydroxylation sites is 1. The molecule has 0 bridgehead atoms. The van der Waals surface area contributed by atoms with Crippen molar-refractivity contribution in [2.24, 2.45) is 0 Å². The maximum Gasteiger partial charge on any atom is 0.270 e. The first-order chi connectivity index (χ1) is 20.6. The second kappa shape index (κ2) is 11.4. The highest BCUT2D eigenvalue weighted by Gasteiger charge is 2.35. The van der Waals surface area contributed by atoms with Crippen molar-refractivity contribution in [1.29, 1.82) is 0 Å². The Labute approximate surface area is 260 Å². The Morgan fingerprint density at radius 3 is 2.40 bits per heavy atom. The van der Waals surface area contributed by atoms with Crippen LogP contribution in [0.5, 0.6) is 0 Å². The number of nitrogens with zero attached hydrogens (tertiary/aromatic N) is 2. The summed E-state index contributed by atoms with van der Waals surface area (Å²) in [5.74, 6) is -1.14. The van der Waals surface area contributed by atoms with E-state index in [1.165, 1.54) is 9.78 Å². The van der Waals surface area contributed by atoms with Gasteiger partial charge in [0.25, 0.3) is 17.7 Å². The molecule has 0 atom stereocenters. The molecule has 3 amide bonds. The number of rotatable bonds is 5. The lowest BCUT2D eigenvalue weighted by Crippen LogP contribution is -2.54. The number of nitrogens with one attached hydrogen (secondary N) is 2. The minimum Gasteiger partial charge on any atom is -0.322 e. The number of aromatic nitrogens is 1. The molecule has 2 N–H and O–H groups in total. The number of carbonyl (C=O) groups is 3. The fourth-order valence-corrected chi connectivity index (χ4v) is 7.81. The van der Waals surface area contributed by atoms with Gasteiger partial charge in [-0.1, -0.05) is 24.3 Å². The third-order valence-corrected chi connectivity index (χ3v) is 9.51. The number of benzene rings is 2. The highest BCUT2D eigenvalue weighted by Crippen LogP contribution is 2.39. The number of amides is 3. The lowest BCUT2D eigenvalue weighted by Gasteiger charge is -2.29. The van der Waals surface area contributed by atoms with Crippen molar-refractivity contribution in [2.45, 2.75) is 53.4 Å². The lowest BCUT2D eigenvalue weighted by atomic mass is 9.95. The molecule has 2 aromatic carbocycles. The van der Waals surface area contributed by atoms with Crippen molar-refractivity contribution < 1.29 is 14.4 Å². The highest BCUT2D eigenvalue weighted by atomic mass is 32.1. The second-order valence-corrected chi connectivity index (χ2v) is 12.6. The van der Waals surface area contributed by atoms with Gasteiger partial charge in [0, 0.05) is 22.0 Å². The van der Waals surface area contributed by atoms with Gasteiger partial charge in [0.15, 0.2) is 5.11 Å². The average Bonchev–Trinajstić information content (AvgIpc) is 3.46. The molecular formula is C34H32N4O3S2. The molecule has 1 fully saturated rings. The molecule has 4 aromatic rings. The third kappa shape index (κ3) is 5.34. The zero-order chi connectivity index (χ0) is 30.4. The Hall–Kier alpha value is -4.34. The van der Waals surface area contributed by atoms with Crippen LogP contribution in [0.4, 0.5) is 11.4 Å². The second-order valence-electron chi connectivity index (χ2n) is 11.2. The molecule has 2 aliphatic rings. The monoisotopic (exact) mass is 608 g/mol. The molecule has 0 spiro atoms. The summed E-state index contributed by atoms with van der Waals surface area (Å²) in [6, 6.07) is 17.2. The molecule has 0 unspecified atom stereocenters. The molecule has 1 saturated heterocycles. The summed E-state index contributed by atoms with van der Waals surface area (Å²) in [6.45, 7) is 7.84. The third-order valence-electron chi connectivity index (χ3n) is 7.95. The quantitative estimate of drug-likeness (QED) is 0.149. The number of thiophene rings is 1. The Kier molecular flexibility index (Phi) is 7.62. The molecular weight excluding hydrogens is 577 g/mol. The average molecular weight is 609 g/mol. The molecule has 43 heavy (non-hydrogen) atoms. The molecule has 9 heteroatoms. The maximum absolute atomic E-state index is 13.8. The van der Waals surface area contributed by atoms with Crippen LogP contribution >= 0.6 is 23.6 Å². The topological polar surface area (TPSA) is 83.4 Å². The van der Waals surface area contributed by atoms with Crippen LogP contribution in [0.3, 0.4) is 0 Å². The predicted octanol–water partition coefficient (Wildman–Crippen LogP) is 6.73. The van der Waals surface area contributed by atoms with Crippen LogP contribution in [-0.4, -0.2) is 27.4 Å². The minimum atomic E-state index is -0.532. The molecule has 7 nitrogen and oxygen atoms in total. The summed E-state index contributed by atoms with van der Waals surface area (Å²) >= 11 is 7.07. The van der Waals surface area contributed by atoms with Crippen molar-refractivity contribution in [2.75, 3.05) is 10.2 Å². The van der Waals surface area contributed by atoms with Gasteiger partial charge < -0.3 is 9.88 Å². The Morgan fingerprint density at radius 2 is 1.67 bits per heavy atom. The summed E-state index contributed by atoms with van der Waals surface area (Å²) in [4.78, 5) is 43.2. The van der Waals surface area contributed by atoms with Crippen molar-refractivity contribution in [3.8, 4) is 5.00 Å². The van der Waals surface area contributed by atoms with Crippen molar-refractivity contribution in [3.05, 3.63) is 104 Å². The van der Waals surface area contributed by atoms with Crippen molar-refractivity contribution in [1.82, 2.24) is 9.88 Å². The zero-order valence-corrected chi connectivity index (χ0v) is 26.2. The smallest absolute Gasteiger partial charge is 0.270 e. The normalized spacial score (nSPS) is 16.0. The van der Waals surface area contributed by atoms with Crippen LogP contribution in [0.15, 0.2) is 60.2 Å². The molecule has 0 radical (unpaired) electrons. The molecule has 0 saturated carbocycles. The molecule has 2 aromatic heterocycles. The standard InChI is InChI=1S/C34H32N4O3S2/c1-19-14-20(2)16-25(15-19)38-32(41)27(30(39)36-34(38)42)18-23-17-21(3)37(22(23)4)33-29(26-12-8-9-13-28(26)43-33)31(40)35-24-10-6-5-7-11-24/h5-7,10-11,14-18H,8-9,12-13H2,1-4H3,(H,35,40)(H,36,39,42)/b27-18-. The van der Waals surface area contributed by atoms with Crippen LogP contribution in [-0.2, 0) is 22.4 Å². The van der Waals surface area contributed by atoms with E-state index in [0.717, 1.165) is 70.0 Å². The van der Waals surface area contributed by atoms with Gasteiger partial charge in [0.1, 0.15) is 10.6 Å². The van der Waals surface area contributed by atoms with Gasteiger partial charge in [-0.2, -0.15) is 0 Å². The first-order valence-electron chi connectivity index (χ1n) is 14.3. The van der Waals surface area contributed by atoms with Crippen LogP contribution in [0.1, 0.15) is 61.7 Å². The number of anilines is 2. The van der Waals surface area contributed by atoms with Crippen LogP contribution in [0.2, 0.25) is 0 Å². The van der Waals surface area contributed by atoms with E-state index >= 15 is 0 Å². The predicted molar refractivity (Wildman–Crippen MR) is 176 cm³/mol. The fourth-order valence-electron chi connectivity index (χ4n) is 6.03. The van der Waals surface area contributed by atoms with E-state index < -0.39 is 11.8 Å². The highest BCUT2D eigenvalue weighted by molar-refractivity contribution is 7.80. The number of carbonyl (C=O) groups excluding carboxylic acids is 3. The van der Waals surface area contributed by atoms with E-state index in [0.29, 0.717) is 11.3 Å². The van der Waals surface area contributed by atoms with Gasteiger partial charge in [-0.05, 0) is 124 Å². The van der Waals surface area contributed by atoms with E-state index in [9.17, 15) is 14.4 Å². The molecule has 218 valence electrons. The van der Waals surface area contributed by atoms with E-state index in [4.69, 9.17) is 12.2 Å².